The summed E-state index contributed by atoms with van der Waals surface area (Å²) in [7, 11) is 0. The van der Waals surface area contributed by atoms with Gasteiger partial charge in [-0.2, -0.15) is 0 Å². The van der Waals surface area contributed by atoms with Crippen LogP contribution < -0.4 is 5.32 Å². The van der Waals surface area contributed by atoms with E-state index in [4.69, 9.17) is 0 Å². The Morgan fingerprint density at radius 2 is 2.33 bits per heavy atom. The van der Waals surface area contributed by atoms with Crippen LogP contribution in [0.4, 0.5) is 0 Å². The molecule has 0 heterocycles. The zero-order valence-corrected chi connectivity index (χ0v) is 9.67. The van der Waals surface area contributed by atoms with Gasteiger partial charge >= 0.3 is 0 Å². The number of nitrogens with zero attached hydrogens (tertiary/aromatic N) is 1. The van der Waals surface area contributed by atoms with E-state index in [0.29, 0.717) is 13.1 Å². The van der Waals surface area contributed by atoms with Crippen molar-refractivity contribution in [3.8, 4) is 0 Å². The first-order chi connectivity index (χ1) is 7.27. The third-order valence-electron chi connectivity index (χ3n) is 2.59. The fourth-order valence-corrected chi connectivity index (χ4v) is 1.59. The van der Waals surface area contributed by atoms with Gasteiger partial charge in [0, 0.05) is 19.6 Å². The summed E-state index contributed by atoms with van der Waals surface area (Å²) in [6.07, 6.45) is 5.42. The van der Waals surface area contributed by atoms with Crippen LogP contribution >= 0.6 is 0 Å². The molecule has 0 bridgehead atoms. The number of nitrogens with one attached hydrogen (secondary N) is 1. The molecule has 3 heteroatoms. The third-order valence-corrected chi connectivity index (χ3v) is 2.59. The topological polar surface area (TPSA) is 32.3 Å². The van der Waals surface area contributed by atoms with Crippen molar-refractivity contribution in [1.29, 1.82) is 0 Å². The first kappa shape index (κ1) is 12.2. The molecule has 1 aliphatic rings. The highest BCUT2D eigenvalue weighted by Gasteiger charge is 2.25. The van der Waals surface area contributed by atoms with Gasteiger partial charge in [0.05, 0.1) is 6.54 Å². The lowest BCUT2D eigenvalue weighted by atomic mass is 10.3. The standard InChI is InChI=1S/C12H22N2O/c1-3-7-13-9-12(15)14(8-4-2)10-11-5-6-11/h3,11,13H,1,4-10H2,2H3. The predicted molar refractivity (Wildman–Crippen MR) is 62.7 cm³/mol. The highest BCUT2D eigenvalue weighted by atomic mass is 16.2. The number of hydrogen-bond donors (Lipinski definition) is 1. The van der Waals surface area contributed by atoms with Crippen LogP contribution in [0.25, 0.3) is 0 Å². The molecule has 0 unspecified atom stereocenters. The van der Waals surface area contributed by atoms with Crippen LogP contribution in [0.5, 0.6) is 0 Å². The predicted octanol–water partition coefficient (Wildman–Crippen LogP) is 1.41. The third kappa shape index (κ3) is 4.98. The van der Waals surface area contributed by atoms with Gasteiger partial charge in [-0.25, -0.2) is 0 Å². The number of amides is 1. The minimum Gasteiger partial charge on any atom is -0.341 e. The van der Waals surface area contributed by atoms with Crippen molar-refractivity contribution in [2.24, 2.45) is 5.92 Å². The Balaban J connectivity index is 2.25. The van der Waals surface area contributed by atoms with Gasteiger partial charge < -0.3 is 10.2 Å². The minimum absolute atomic E-state index is 0.227. The summed E-state index contributed by atoms with van der Waals surface area (Å²) in [4.78, 5) is 13.8. The Labute approximate surface area is 92.5 Å². The van der Waals surface area contributed by atoms with Crippen LogP contribution in [-0.2, 0) is 4.79 Å². The van der Waals surface area contributed by atoms with E-state index in [1.807, 2.05) is 4.90 Å². The van der Waals surface area contributed by atoms with E-state index in [0.717, 1.165) is 25.4 Å². The van der Waals surface area contributed by atoms with Crippen molar-refractivity contribution in [2.45, 2.75) is 26.2 Å². The molecule has 1 aliphatic carbocycles. The Morgan fingerprint density at radius 3 is 2.87 bits per heavy atom. The van der Waals surface area contributed by atoms with Gasteiger partial charge in [-0.15, -0.1) is 6.58 Å². The molecule has 0 spiro atoms. The minimum atomic E-state index is 0.227. The van der Waals surface area contributed by atoms with Gasteiger partial charge in [0.2, 0.25) is 5.91 Å². The summed E-state index contributed by atoms with van der Waals surface area (Å²) in [5, 5.41) is 3.06. The van der Waals surface area contributed by atoms with Crippen molar-refractivity contribution in [2.75, 3.05) is 26.2 Å². The molecule has 1 saturated carbocycles. The Hall–Kier alpha value is -0.830. The molecule has 86 valence electrons. The van der Waals surface area contributed by atoms with E-state index >= 15 is 0 Å². The van der Waals surface area contributed by atoms with Gasteiger partial charge in [-0.3, -0.25) is 4.79 Å². The quantitative estimate of drug-likeness (QED) is 0.485. The maximum absolute atomic E-state index is 11.8. The van der Waals surface area contributed by atoms with E-state index in [1.165, 1.54) is 12.8 Å². The zero-order valence-electron chi connectivity index (χ0n) is 9.67. The van der Waals surface area contributed by atoms with Gasteiger partial charge in [-0.1, -0.05) is 13.0 Å². The van der Waals surface area contributed by atoms with E-state index in [-0.39, 0.29) is 5.91 Å². The molecule has 1 N–H and O–H groups in total. The largest absolute Gasteiger partial charge is 0.341 e. The molecule has 0 atom stereocenters. The highest BCUT2D eigenvalue weighted by Crippen LogP contribution is 2.29. The first-order valence-corrected chi connectivity index (χ1v) is 5.87. The molecule has 0 aromatic heterocycles. The van der Waals surface area contributed by atoms with Crippen LogP contribution in [-0.4, -0.2) is 37.0 Å². The molecule has 1 rings (SSSR count). The van der Waals surface area contributed by atoms with Crippen LogP contribution in [0.2, 0.25) is 0 Å². The van der Waals surface area contributed by atoms with Crippen molar-refractivity contribution < 1.29 is 4.79 Å². The maximum atomic E-state index is 11.8. The van der Waals surface area contributed by atoms with E-state index in [2.05, 4.69) is 18.8 Å². The monoisotopic (exact) mass is 210 g/mol. The van der Waals surface area contributed by atoms with Crippen LogP contribution in [0.3, 0.4) is 0 Å². The second kappa shape index (κ2) is 6.62. The second-order valence-electron chi connectivity index (χ2n) is 4.20. The Kier molecular flexibility index (Phi) is 5.40. The first-order valence-electron chi connectivity index (χ1n) is 5.87. The molecular weight excluding hydrogens is 188 g/mol. The summed E-state index contributed by atoms with van der Waals surface area (Å²) in [6.45, 7) is 8.73. The summed E-state index contributed by atoms with van der Waals surface area (Å²) < 4.78 is 0. The molecule has 0 aromatic carbocycles. The molecule has 1 fully saturated rings. The van der Waals surface area contributed by atoms with E-state index in [9.17, 15) is 4.79 Å². The van der Waals surface area contributed by atoms with Gasteiger partial charge in [0.25, 0.3) is 0 Å². The molecule has 15 heavy (non-hydrogen) atoms. The molecule has 0 aromatic rings. The van der Waals surface area contributed by atoms with Gasteiger partial charge in [0.1, 0.15) is 0 Å². The smallest absolute Gasteiger partial charge is 0.236 e. The van der Waals surface area contributed by atoms with Crippen molar-refractivity contribution in [1.82, 2.24) is 10.2 Å². The fraction of sp³-hybridized carbons (Fsp3) is 0.750. The molecule has 0 aliphatic heterocycles. The van der Waals surface area contributed by atoms with Crippen molar-refractivity contribution >= 4 is 5.91 Å². The molecule has 3 nitrogen and oxygen atoms in total. The van der Waals surface area contributed by atoms with Gasteiger partial charge in [0.15, 0.2) is 0 Å². The summed E-state index contributed by atoms with van der Waals surface area (Å²) in [5.74, 6) is 1.01. The lowest BCUT2D eigenvalue weighted by Crippen LogP contribution is -2.39. The highest BCUT2D eigenvalue weighted by molar-refractivity contribution is 5.78. The molecular formula is C12H22N2O. The lowest BCUT2D eigenvalue weighted by Gasteiger charge is -2.22. The van der Waals surface area contributed by atoms with Crippen molar-refractivity contribution in [3.05, 3.63) is 12.7 Å². The van der Waals surface area contributed by atoms with Crippen LogP contribution in [0.15, 0.2) is 12.7 Å². The number of carbonyl (C=O) groups excluding carboxylic acids is 1. The summed E-state index contributed by atoms with van der Waals surface area (Å²) >= 11 is 0. The molecule has 0 radical (unpaired) electrons. The lowest BCUT2D eigenvalue weighted by molar-refractivity contribution is -0.130. The van der Waals surface area contributed by atoms with E-state index < -0.39 is 0 Å². The fourth-order valence-electron chi connectivity index (χ4n) is 1.59. The van der Waals surface area contributed by atoms with Crippen LogP contribution in [0.1, 0.15) is 26.2 Å². The molecule has 1 amide bonds. The number of rotatable bonds is 8. The second-order valence-corrected chi connectivity index (χ2v) is 4.20. The Bertz CT molecular complexity index is 212. The summed E-state index contributed by atoms with van der Waals surface area (Å²) in [5.41, 5.74) is 0. The van der Waals surface area contributed by atoms with E-state index in [1.54, 1.807) is 6.08 Å². The molecule has 0 saturated heterocycles. The number of carbonyl (C=O) groups is 1. The normalized spacial score (nSPS) is 15.0. The van der Waals surface area contributed by atoms with Gasteiger partial charge in [-0.05, 0) is 25.2 Å². The van der Waals surface area contributed by atoms with Crippen LogP contribution in [0, 0.1) is 5.92 Å². The SMILES string of the molecule is C=CCNCC(=O)N(CCC)CC1CC1. The average Bonchev–Trinajstić information content (AvgIpc) is 3.01. The average molecular weight is 210 g/mol. The Morgan fingerprint density at radius 1 is 1.60 bits per heavy atom. The zero-order chi connectivity index (χ0) is 11.1. The maximum Gasteiger partial charge on any atom is 0.236 e. The number of hydrogen-bond acceptors (Lipinski definition) is 2. The van der Waals surface area contributed by atoms with Crippen molar-refractivity contribution in [3.63, 3.8) is 0 Å². The summed E-state index contributed by atoms with van der Waals surface area (Å²) in [6, 6.07) is 0.